The lowest BCUT2D eigenvalue weighted by Crippen LogP contribution is -2.11. The van der Waals surface area contributed by atoms with Gasteiger partial charge >= 0.3 is 0 Å². The number of nitrogens with one attached hydrogen (secondary N) is 1. The summed E-state index contributed by atoms with van der Waals surface area (Å²) in [5, 5.41) is 3.36. The number of nitrogens with zero attached hydrogens (tertiary/aromatic N) is 1. The highest BCUT2D eigenvalue weighted by Crippen LogP contribution is 2.35. The number of hydrogen-bond acceptors (Lipinski definition) is 5. The van der Waals surface area contributed by atoms with E-state index in [0.29, 0.717) is 23.0 Å². The number of aryl methyl sites for hydroxylation is 1. The molecule has 0 amide bonds. The van der Waals surface area contributed by atoms with Crippen molar-refractivity contribution in [2.45, 2.75) is 30.7 Å². The lowest BCUT2D eigenvalue weighted by molar-refractivity contribution is 0.567. The Morgan fingerprint density at radius 2 is 1.78 bits per heavy atom. The van der Waals surface area contributed by atoms with Gasteiger partial charge in [0.1, 0.15) is 0 Å². The Bertz CT molecular complexity index is 1040. The first-order valence-corrected chi connectivity index (χ1v) is 10.5. The summed E-state index contributed by atoms with van der Waals surface area (Å²) in [6.07, 6.45) is 0. The van der Waals surface area contributed by atoms with E-state index in [1.54, 1.807) is 48.5 Å². The summed E-state index contributed by atoms with van der Waals surface area (Å²) < 4.78 is 32.1. The average Bonchev–Trinajstić information content (AvgIpc) is 3.05. The Morgan fingerprint density at radius 1 is 1.11 bits per heavy atom. The predicted molar refractivity (Wildman–Crippen MR) is 107 cm³/mol. The van der Waals surface area contributed by atoms with Crippen LogP contribution in [-0.4, -0.2) is 19.9 Å². The van der Waals surface area contributed by atoms with E-state index < -0.39 is 9.84 Å². The zero-order valence-corrected chi connectivity index (χ0v) is 16.9. The maximum Gasteiger partial charge on any atom is 0.233 e. The van der Waals surface area contributed by atoms with Crippen molar-refractivity contribution in [3.8, 4) is 11.5 Å². The van der Waals surface area contributed by atoms with Crippen molar-refractivity contribution in [3.63, 3.8) is 0 Å². The van der Waals surface area contributed by atoms with E-state index in [2.05, 4.69) is 10.3 Å². The molecule has 0 radical (unpaired) electrons. The monoisotopic (exact) mass is 404 g/mol. The molecule has 0 aliphatic rings. The third-order valence-corrected chi connectivity index (χ3v) is 5.97. The minimum atomic E-state index is -3.84. The molecule has 1 heterocycles. The molecule has 1 N–H and O–H groups in total. The fourth-order valence-electron chi connectivity index (χ4n) is 2.48. The van der Waals surface area contributed by atoms with Gasteiger partial charge in [-0.15, -0.1) is 0 Å². The normalized spacial score (nSPS) is 11.7. The van der Waals surface area contributed by atoms with E-state index in [4.69, 9.17) is 16.0 Å². The molecule has 0 atom stereocenters. The molecule has 0 saturated carbocycles. The standard InChI is InChI=1S/C20H21ClN2O3S/c1-13(2)12-22-19-20(27(24,25)15-10-8-14(3)9-11-15)23-18(26-19)16-6-4-5-7-17(16)21/h4-11,13,22H,12H2,1-3H3. The Balaban J connectivity index is 2.12. The van der Waals surface area contributed by atoms with Gasteiger partial charge in [-0.2, -0.15) is 4.98 Å². The lowest BCUT2D eigenvalue weighted by Gasteiger charge is -2.08. The maximum absolute atomic E-state index is 13.1. The quantitative estimate of drug-likeness (QED) is 0.611. The number of aromatic nitrogens is 1. The van der Waals surface area contributed by atoms with Crippen molar-refractivity contribution in [2.75, 3.05) is 11.9 Å². The minimum absolute atomic E-state index is 0.124. The highest BCUT2D eigenvalue weighted by Gasteiger charge is 2.29. The van der Waals surface area contributed by atoms with Crippen molar-refractivity contribution >= 4 is 27.3 Å². The smallest absolute Gasteiger partial charge is 0.233 e. The first-order chi connectivity index (χ1) is 12.8. The topological polar surface area (TPSA) is 72.2 Å². The molecule has 3 aromatic rings. The Hall–Kier alpha value is -2.31. The van der Waals surface area contributed by atoms with Crippen molar-refractivity contribution in [1.82, 2.24) is 4.98 Å². The van der Waals surface area contributed by atoms with Gasteiger partial charge in [-0.3, -0.25) is 0 Å². The summed E-state index contributed by atoms with van der Waals surface area (Å²) in [5.41, 5.74) is 1.51. The summed E-state index contributed by atoms with van der Waals surface area (Å²) in [5.74, 6) is 0.588. The molecule has 0 saturated heterocycles. The first-order valence-electron chi connectivity index (χ1n) is 8.60. The van der Waals surface area contributed by atoms with Gasteiger partial charge in [0.2, 0.25) is 26.6 Å². The number of sulfone groups is 1. The van der Waals surface area contributed by atoms with E-state index >= 15 is 0 Å². The molecule has 3 rings (SSSR count). The van der Waals surface area contributed by atoms with Gasteiger partial charge in [0.15, 0.2) is 0 Å². The van der Waals surface area contributed by atoms with Gasteiger partial charge in [-0.1, -0.05) is 55.3 Å². The highest BCUT2D eigenvalue weighted by molar-refractivity contribution is 7.91. The number of anilines is 1. The van der Waals surface area contributed by atoms with Crippen LogP contribution >= 0.6 is 11.6 Å². The van der Waals surface area contributed by atoms with E-state index in [1.807, 2.05) is 20.8 Å². The molecule has 0 aliphatic carbocycles. The van der Waals surface area contributed by atoms with Crippen molar-refractivity contribution in [2.24, 2.45) is 5.92 Å². The van der Waals surface area contributed by atoms with E-state index in [9.17, 15) is 8.42 Å². The van der Waals surface area contributed by atoms with Crippen LogP contribution in [0, 0.1) is 12.8 Å². The summed E-state index contributed by atoms with van der Waals surface area (Å²) >= 11 is 6.23. The van der Waals surface area contributed by atoms with E-state index in [1.165, 1.54) is 0 Å². The second-order valence-corrected chi connectivity index (χ2v) is 9.00. The van der Waals surface area contributed by atoms with Gasteiger partial charge < -0.3 is 9.73 Å². The third kappa shape index (κ3) is 4.17. The highest BCUT2D eigenvalue weighted by atomic mass is 35.5. The van der Waals surface area contributed by atoms with Crippen molar-refractivity contribution < 1.29 is 12.8 Å². The molecule has 1 aromatic heterocycles. The summed E-state index contributed by atoms with van der Waals surface area (Å²) in [7, 11) is -3.84. The molecular weight excluding hydrogens is 384 g/mol. The fourth-order valence-corrected chi connectivity index (χ4v) is 3.97. The van der Waals surface area contributed by atoms with Crippen LogP contribution in [0.5, 0.6) is 0 Å². The summed E-state index contributed by atoms with van der Waals surface area (Å²) in [4.78, 5) is 4.45. The van der Waals surface area contributed by atoms with E-state index in [0.717, 1.165) is 5.56 Å². The maximum atomic E-state index is 13.1. The van der Waals surface area contributed by atoms with Gasteiger partial charge in [-0.25, -0.2) is 8.42 Å². The summed E-state index contributed by atoms with van der Waals surface area (Å²) in [6, 6.07) is 13.7. The van der Waals surface area contributed by atoms with Crippen LogP contribution in [0.3, 0.4) is 0 Å². The number of halogens is 1. The fraction of sp³-hybridized carbons (Fsp3) is 0.250. The molecule has 142 valence electrons. The van der Waals surface area contributed by atoms with Crippen LogP contribution in [0.2, 0.25) is 5.02 Å². The molecular formula is C20H21ClN2O3S. The molecule has 2 aromatic carbocycles. The molecule has 0 unspecified atom stereocenters. The second-order valence-electron chi connectivity index (χ2n) is 6.72. The van der Waals surface area contributed by atoms with Crippen LogP contribution in [-0.2, 0) is 9.84 Å². The molecule has 0 bridgehead atoms. The largest absolute Gasteiger partial charge is 0.419 e. The van der Waals surface area contributed by atoms with Crippen LogP contribution in [0.4, 0.5) is 5.88 Å². The van der Waals surface area contributed by atoms with Gasteiger partial charge in [0.25, 0.3) is 0 Å². The SMILES string of the molecule is Cc1ccc(S(=O)(=O)c2nc(-c3ccccc3Cl)oc2NCC(C)C)cc1. The molecule has 0 spiro atoms. The molecule has 0 fully saturated rings. The minimum Gasteiger partial charge on any atom is -0.419 e. The second kappa shape index (κ2) is 7.74. The number of oxazole rings is 1. The van der Waals surface area contributed by atoms with Crippen LogP contribution in [0.25, 0.3) is 11.5 Å². The number of rotatable bonds is 6. The molecule has 7 heteroatoms. The Labute approximate surface area is 164 Å². The van der Waals surface area contributed by atoms with Gasteiger partial charge in [-0.05, 0) is 37.1 Å². The predicted octanol–water partition coefficient (Wildman–Crippen LogP) is 5.20. The lowest BCUT2D eigenvalue weighted by atomic mass is 10.2. The van der Waals surface area contributed by atoms with E-state index in [-0.39, 0.29) is 21.7 Å². The van der Waals surface area contributed by atoms with Crippen LogP contribution in [0.15, 0.2) is 62.9 Å². The Kier molecular flexibility index (Phi) is 5.58. The zero-order chi connectivity index (χ0) is 19.6. The third-order valence-electron chi connectivity index (χ3n) is 3.96. The Morgan fingerprint density at radius 3 is 2.41 bits per heavy atom. The van der Waals surface area contributed by atoms with Gasteiger partial charge in [0.05, 0.1) is 15.5 Å². The zero-order valence-electron chi connectivity index (χ0n) is 15.4. The number of hydrogen-bond donors (Lipinski definition) is 1. The number of benzene rings is 2. The van der Waals surface area contributed by atoms with Crippen molar-refractivity contribution in [1.29, 1.82) is 0 Å². The molecule has 0 aliphatic heterocycles. The van der Waals surface area contributed by atoms with Crippen LogP contribution < -0.4 is 5.32 Å². The molecule has 27 heavy (non-hydrogen) atoms. The average molecular weight is 405 g/mol. The van der Waals surface area contributed by atoms with Crippen LogP contribution in [0.1, 0.15) is 19.4 Å². The summed E-state index contributed by atoms with van der Waals surface area (Å²) in [6.45, 7) is 6.49. The van der Waals surface area contributed by atoms with Gasteiger partial charge in [0, 0.05) is 6.54 Å². The first kappa shape index (κ1) is 19.5. The molecule has 5 nitrogen and oxygen atoms in total. The van der Waals surface area contributed by atoms with Crippen molar-refractivity contribution in [3.05, 3.63) is 59.1 Å².